The van der Waals surface area contributed by atoms with Crippen LogP contribution in [0.3, 0.4) is 0 Å². The molecule has 9 heteroatoms. The first-order valence-electron chi connectivity index (χ1n) is 11.1. The normalized spacial score (nSPS) is 26.3. The van der Waals surface area contributed by atoms with Gasteiger partial charge in [0.15, 0.2) is 5.17 Å². The Balaban J connectivity index is 1.66. The third-order valence-corrected chi connectivity index (χ3v) is 7.72. The molecule has 3 fully saturated rings. The van der Waals surface area contributed by atoms with Crippen molar-refractivity contribution < 1.29 is 19.1 Å². The Morgan fingerprint density at radius 1 is 1.10 bits per heavy atom. The zero-order valence-corrected chi connectivity index (χ0v) is 18.8. The van der Waals surface area contributed by atoms with Crippen LogP contribution in [0.2, 0.25) is 0 Å². The first-order valence-corrected chi connectivity index (χ1v) is 12.1. The van der Waals surface area contributed by atoms with E-state index < -0.39 is 17.7 Å². The number of rotatable bonds is 6. The van der Waals surface area contributed by atoms with E-state index in [1.165, 1.54) is 0 Å². The van der Waals surface area contributed by atoms with Gasteiger partial charge in [-0.1, -0.05) is 37.4 Å². The van der Waals surface area contributed by atoms with Crippen molar-refractivity contribution in [3.63, 3.8) is 0 Å². The van der Waals surface area contributed by atoms with Crippen molar-refractivity contribution >= 4 is 34.5 Å². The molecule has 3 rings (SSSR count). The maximum atomic E-state index is 13.0. The monoisotopic (exact) mass is 438 g/mol. The topological polar surface area (TPSA) is 100 Å². The maximum Gasteiger partial charge on any atom is 0.309 e. The fourth-order valence-electron chi connectivity index (χ4n) is 4.26. The van der Waals surface area contributed by atoms with Gasteiger partial charge in [-0.2, -0.15) is 0 Å². The van der Waals surface area contributed by atoms with Crippen LogP contribution >= 0.6 is 11.8 Å². The standard InChI is InChI=1S/C21H34N4O4S/c1-14-13-30-21(25(14)2)24-23-20(28)18(26)17(15-9-11-29-12-10-15)22-19(27)16-7-5-3-4-6-8-16/h14-17H,3-13H2,1-2H3,(H,22,27)(H,23,28)/b24-21+/t14-,17-/m1/s1. The Kier molecular flexibility index (Phi) is 8.56. The summed E-state index contributed by atoms with van der Waals surface area (Å²) in [5, 5.41) is 7.76. The predicted octanol–water partition coefficient (Wildman–Crippen LogP) is 1.89. The molecule has 1 aliphatic carbocycles. The van der Waals surface area contributed by atoms with Gasteiger partial charge in [-0.25, -0.2) is 5.43 Å². The third kappa shape index (κ3) is 5.97. The zero-order chi connectivity index (χ0) is 21.5. The van der Waals surface area contributed by atoms with Gasteiger partial charge in [-0.15, -0.1) is 5.10 Å². The number of hydrogen-bond donors (Lipinski definition) is 2. The maximum absolute atomic E-state index is 13.0. The number of ketones is 1. The van der Waals surface area contributed by atoms with Crippen molar-refractivity contribution in [2.24, 2.45) is 16.9 Å². The highest BCUT2D eigenvalue weighted by atomic mass is 32.2. The highest BCUT2D eigenvalue weighted by Crippen LogP contribution is 2.25. The predicted molar refractivity (Wildman–Crippen MR) is 117 cm³/mol. The number of Topliss-reactive ketones (excluding diaryl/α,β-unsaturated/α-hetero) is 1. The van der Waals surface area contributed by atoms with Gasteiger partial charge < -0.3 is 15.0 Å². The molecule has 0 unspecified atom stereocenters. The average Bonchev–Trinajstić information content (AvgIpc) is 2.95. The summed E-state index contributed by atoms with van der Waals surface area (Å²) >= 11 is 1.54. The molecule has 0 aromatic carbocycles. The van der Waals surface area contributed by atoms with Gasteiger partial charge in [0.1, 0.15) is 6.04 Å². The second-order valence-electron chi connectivity index (χ2n) is 8.60. The number of nitrogens with one attached hydrogen (secondary N) is 2. The fraction of sp³-hybridized carbons (Fsp3) is 0.810. The van der Waals surface area contributed by atoms with Crippen molar-refractivity contribution in [1.82, 2.24) is 15.6 Å². The quantitative estimate of drug-likeness (QED) is 0.373. The molecule has 30 heavy (non-hydrogen) atoms. The SMILES string of the molecule is C[C@@H]1CS/C(=N/NC(=O)C(=O)[C@H](NC(=O)C2CCCCCC2)C2CCOCC2)N1C. The van der Waals surface area contributed by atoms with E-state index in [1.807, 2.05) is 11.9 Å². The summed E-state index contributed by atoms with van der Waals surface area (Å²) in [6.45, 7) is 3.15. The van der Waals surface area contributed by atoms with E-state index in [9.17, 15) is 14.4 Å². The van der Waals surface area contributed by atoms with Gasteiger partial charge in [-0.05, 0) is 38.5 Å². The number of carbonyl (C=O) groups is 3. The lowest BCUT2D eigenvalue weighted by Gasteiger charge is -2.30. The first kappa shape index (κ1) is 23.1. The summed E-state index contributed by atoms with van der Waals surface area (Å²) in [4.78, 5) is 40.5. The van der Waals surface area contributed by atoms with E-state index >= 15 is 0 Å². The van der Waals surface area contributed by atoms with Gasteiger partial charge in [0.25, 0.3) is 0 Å². The molecule has 2 heterocycles. The van der Waals surface area contributed by atoms with Gasteiger partial charge in [0.2, 0.25) is 11.7 Å². The minimum Gasteiger partial charge on any atom is -0.381 e. The molecule has 2 N–H and O–H groups in total. The van der Waals surface area contributed by atoms with Gasteiger partial charge in [0.05, 0.1) is 0 Å². The van der Waals surface area contributed by atoms with Gasteiger partial charge in [-0.3, -0.25) is 14.4 Å². The molecule has 2 aliphatic heterocycles. The number of carbonyl (C=O) groups excluding carboxylic acids is 3. The minimum atomic E-state index is -0.822. The lowest BCUT2D eigenvalue weighted by atomic mass is 9.87. The number of nitrogens with zero attached hydrogens (tertiary/aromatic N) is 2. The molecule has 2 amide bonds. The van der Waals surface area contributed by atoms with Gasteiger partial charge in [0, 0.05) is 38.0 Å². The Labute approximate surface area is 182 Å². The summed E-state index contributed by atoms with van der Waals surface area (Å²) in [5.41, 5.74) is 2.41. The molecular weight excluding hydrogens is 404 g/mol. The van der Waals surface area contributed by atoms with Gasteiger partial charge >= 0.3 is 5.91 Å². The Morgan fingerprint density at radius 2 is 1.77 bits per heavy atom. The minimum absolute atomic E-state index is 0.0732. The molecule has 1 saturated carbocycles. The number of hydrogen-bond acceptors (Lipinski definition) is 6. The lowest BCUT2D eigenvalue weighted by molar-refractivity contribution is -0.142. The van der Waals surface area contributed by atoms with E-state index in [-0.39, 0.29) is 17.7 Å². The first-order chi connectivity index (χ1) is 14.5. The Bertz CT molecular complexity index is 657. The summed E-state index contributed by atoms with van der Waals surface area (Å²) in [6.07, 6.45) is 7.38. The number of amidine groups is 1. The Hall–Kier alpha value is -1.61. The van der Waals surface area contributed by atoms with Crippen LogP contribution in [0.15, 0.2) is 5.10 Å². The third-order valence-electron chi connectivity index (χ3n) is 6.44. The van der Waals surface area contributed by atoms with Crippen molar-refractivity contribution in [1.29, 1.82) is 0 Å². The number of hydrazone groups is 1. The molecule has 0 bridgehead atoms. The van der Waals surface area contributed by atoms with Crippen molar-refractivity contribution in [2.45, 2.75) is 70.4 Å². The fourth-order valence-corrected chi connectivity index (χ4v) is 5.37. The molecule has 2 atom stereocenters. The second kappa shape index (κ2) is 11.1. The van der Waals surface area contributed by atoms with Crippen LogP contribution in [-0.2, 0) is 19.1 Å². The molecule has 0 aromatic heterocycles. The highest BCUT2D eigenvalue weighted by molar-refractivity contribution is 8.14. The summed E-state index contributed by atoms with van der Waals surface area (Å²) in [7, 11) is 1.91. The molecule has 0 radical (unpaired) electrons. The molecule has 8 nitrogen and oxygen atoms in total. The van der Waals surface area contributed by atoms with E-state index in [0.29, 0.717) is 37.3 Å². The van der Waals surface area contributed by atoms with Crippen LogP contribution < -0.4 is 10.7 Å². The number of ether oxygens (including phenoxy) is 1. The molecule has 168 valence electrons. The van der Waals surface area contributed by atoms with Crippen LogP contribution in [0.1, 0.15) is 58.3 Å². The van der Waals surface area contributed by atoms with Crippen LogP contribution in [0.5, 0.6) is 0 Å². The van der Waals surface area contributed by atoms with E-state index in [4.69, 9.17) is 4.74 Å². The van der Waals surface area contributed by atoms with E-state index in [2.05, 4.69) is 22.8 Å². The highest BCUT2D eigenvalue weighted by Gasteiger charge is 2.36. The number of thioether (sulfide) groups is 1. The molecular formula is C21H34N4O4S. The summed E-state index contributed by atoms with van der Waals surface area (Å²) < 4.78 is 5.41. The lowest BCUT2D eigenvalue weighted by Crippen LogP contribution is -2.53. The second-order valence-corrected chi connectivity index (χ2v) is 9.58. The van der Waals surface area contributed by atoms with Crippen LogP contribution in [0.25, 0.3) is 0 Å². The summed E-state index contributed by atoms with van der Waals surface area (Å²) in [6, 6.07) is -0.493. The molecule has 0 spiro atoms. The average molecular weight is 439 g/mol. The Morgan fingerprint density at radius 3 is 2.37 bits per heavy atom. The van der Waals surface area contributed by atoms with Crippen LogP contribution in [0, 0.1) is 11.8 Å². The van der Waals surface area contributed by atoms with Crippen molar-refractivity contribution in [2.75, 3.05) is 26.0 Å². The molecule has 0 aromatic rings. The zero-order valence-electron chi connectivity index (χ0n) is 18.0. The van der Waals surface area contributed by atoms with Crippen molar-refractivity contribution in [3.05, 3.63) is 0 Å². The molecule has 2 saturated heterocycles. The number of amides is 2. The van der Waals surface area contributed by atoms with Crippen LogP contribution in [0.4, 0.5) is 0 Å². The van der Waals surface area contributed by atoms with Crippen molar-refractivity contribution in [3.8, 4) is 0 Å². The van der Waals surface area contributed by atoms with E-state index in [0.717, 1.165) is 44.3 Å². The molecule has 3 aliphatic rings. The van der Waals surface area contributed by atoms with E-state index in [1.54, 1.807) is 11.8 Å². The smallest absolute Gasteiger partial charge is 0.309 e. The largest absolute Gasteiger partial charge is 0.381 e. The van der Waals surface area contributed by atoms with Crippen LogP contribution in [-0.4, -0.2) is 65.8 Å². The summed E-state index contributed by atoms with van der Waals surface area (Å²) in [5.74, 6) is -0.762.